The van der Waals surface area contributed by atoms with Crippen LogP contribution in [0.2, 0.25) is 5.02 Å². The number of aromatic nitrogens is 1. The van der Waals surface area contributed by atoms with Crippen molar-refractivity contribution in [3.63, 3.8) is 0 Å². The van der Waals surface area contributed by atoms with Gasteiger partial charge in [-0.3, -0.25) is 9.52 Å². The van der Waals surface area contributed by atoms with Crippen LogP contribution in [0.5, 0.6) is 5.75 Å². The Morgan fingerprint density at radius 2 is 1.83 bits per heavy atom. The van der Waals surface area contributed by atoms with Crippen LogP contribution in [-0.2, 0) is 14.8 Å². The summed E-state index contributed by atoms with van der Waals surface area (Å²) < 4.78 is 32.5. The molecule has 0 aliphatic rings. The lowest BCUT2D eigenvalue weighted by molar-refractivity contribution is -0.118. The largest absolute Gasteiger partial charge is 0.484 e. The average molecular weight is 452 g/mol. The van der Waals surface area contributed by atoms with E-state index in [9.17, 15) is 13.2 Å². The van der Waals surface area contributed by atoms with Crippen molar-refractivity contribution in [1.82, 2.24) is 4.98 Å². The predicted molar refractivity (Wildman–Crippen MR) is 114 cm³/mol. The Kier molecular flexibility index (Phi) is 6.41. The highest BCUT2D eigenvalue weighted by Gasteiger charge is 2.15. The van der Waals surface area contributed by atoms with E-state index in [-0.39, 0.29) is 22.5 Å². The first kappa shape index (κ1) is 21.1. The van der Waals surface area contributed by atoms with Gasteiger partial charge in [0.15, 0.2) is 11.7 Å². The minimum Gasteiger partial charge on any atom is -0.484 e. The normalized spacial score (nSPS) is 11.1. The number of hydrogen-bond donors (Lipinski definition) is 2. The van der Waals surface area contributed by atoms with Gasteiger partial charge in [-0.1, -0.05) is 11.6 Å². The van der Waals surface area contributed by atoms with Gasteiger partial charge in [0, 0.05) is 22.3 Å². The maximum absolute atomic E-state index is 12.3. The molecule has 10 heteroatoms. The van der Waals surface area contributed by atoms with Crippen molar-refractivity contribution in [3.8, 4) is 5.75 Å². The minimum absolute atomic E-state index is 0.0639. The van der Waals surface area contributed by atoms with Crippen molar-refractivity contribution in [2.45, 2.75) is 18.7 Å². The molecule has 0 fully saturated rings. The first-order valence-corrected chi connectivity index (χ1v) is 11.2. The molecule has 0 aliphatic carbocycles. The van der Waals surface area contributed by atoms with Gasteiger partial charge in [0.05, 0.1) is 4.90 Å². The Morgan fingerprint density at radius 1 is 1.17 bits per heavy atom. The molecule has 1 aromatic heterocycles. The third-order valence-corrected chi connectivity index (χ3v) is 6.65. The summed E-state index contributed by atoms with van der Waals surface area (Å²) in [5.74, 6) is 0.182. The van der Waals surface area contributed by atoms with Crippen molar-refractivity contribution < 1.29 is 17.9 Å². The van der Waals surface area contributed by atoms with Crippen LogP contribution in [0.15, 0.2) is 52.9 Å². The van der Waals surface area contributed by atoms with Gasteiger partial charge in [-0.2, -0.15) is 0 Å². The summed E-state index contributed by atoms with van der Waals surface area (Å²) in [7, 11) is -3.74. The van der Waals surface area contributed by atoms with Crippen LogP contribution in [0.3, 0.4) is 0 Å². The number of nitrogens with one attached hydrogen (secondary N) is 2. The maximum Gasteiger partial charge on any atom is 0.263 e. The topological polar surface area (TPSA) is 97.4 Å². The van der Waals surface area contributed by atoms with E-state index in [1.165, 1.54) is 41.8 Å². The predicted octanol–water partition coefficient (Wildman–Crippen LogP) is 4.23. The summed E-state index contributed by atoms with van der Waals surface area (Å²) in [5.41, 5.74) is 2.19. The third kappa shape index (κ3) is 5.47. The van der Waals surface area contributed by atoms with Crippen LogP contribution in [0.4, 0.5) is 10.8 Å². The highest BCUT2D eigenvalue weighted by Crippen LogP contribution is 2.26. The number of thiazole rings is 1. The number of hydrogen-bond acceptors (Lipinski definition) is 6. The number of carbonyl (C=O) groups excluding carboxylic acids is 1. The summed E-state index contributed by atoms with van der Waals surface area (Å²) in [6, 6.07) is 9.34. The van der Waals surface area contributed by atoms with E-state index < -0.39 is 10.0 Å². The Bertz CT molecular complexity index is 1090. The molecule has 3 rings (SSSR count). The SMILES string of the molecule is Cc1cc(OCC(=O)Nc2ccc(S(=O)(=O)Nc3nccs3)cc2)cc(C)c1Cl. The lowest BCUT2D eigenvalue weighted by Crippen LogP contribution is -2.20. The molecule has 0 unspecified atom stereocenters. The van der Waals surface area contributed by atoms with Gasteiger partial charge in [-0.05, 0) is 61.4 Å². The lowest BCUT2D eigenvalue weighted by Gasteiger charge is -2.11. The van der Waals surface area contributed by atoms with E-state index in [0.29, 0.717) is 16.5 Å². The number of nitrogens with zero attached hydrogens (tertiary/aromatic N) is 1. The first-order valence-electron chi connectivity index (χ1n) is 8.46. The number of carbonyl (C=O) groups is 1. The van der Waals surface area contributed by atoms with E-state index in [4.69, 9.17) is 16.3 Å². The van der Waals surface area contributed by atoms with Crippen LogP contribution in [0, 0.1) is 13.8 Å². The second-order valence-electron chi connectivity index (χ2n) is 6.18. The highest BCUT2D eigenvalue weighted by molar-refractivity contribution is 7.93. The quantitative estimate of drug-likeness (QED) is 0.560. The Hall–Kier alpha value is -2.62. The number of anilines is 2. The number of amides is 1. The molecule has 0 saturated carbocycles. The van der Waals surface area contributed by atoms with Crippen LogP contribution < -0.4 is 14.8 Å². The van der Waals surface area contributed by atoms with Crippen LogP contribution in [-0.4, -0.2) is 25.9 Å². The second-order valence-corrected chi connectivity index (χ2v) is 9.13. The van der Waals surface area contributed by atoms with E-state index >= 15 is 0 Å². The monoisotopic (exact) mass is 451 g/mol. The van der Waals surface area contributed by atoms with Crippen molar-refractivity contribution in [3.05, 3.63) is 64.1 Å². The first-order chi connectivity index (χ1) is 13.7. The summed E-state index contributed by atoms with van der Waals surface area (Å²) >= 11 is 7.30. The molecule has 1 amide bonds. The second kappa shape index (κ2) is 8.81. The summed E-state index contributed by atoms with van der Waals surface area (Å²) in [6.45, 7) is 3.54. The standard InChI is InChI=1S/C19H18ClN3O4S2/c1-12-9-15(10-13(2)18(12)20)27-11-17(24)22-14-3-5-16(6-4-14)29(25,26)23-19-21-7-8-28-19/h3-10H,11H2,1-2H3,(H,21,23)(H,22,24). The molecule has 0 radical (unpaired) electrons. The number of ether oxygens (including phenoxy) is 1. The molecule has 152 valence electrons. The molecule has 29 heavy (non-hydrogen) atoms. The zero-order valence-electron chi connectivity index (χ0n) is 15.6. The number of rotatable bonds is 7. The fourth-order valence-corrected chi connectivity index (χ4v) is 4.40. The lowest BCUT2D eigenvalue weighted by atomic mass is 10.1. The van der Waals surface area contributed by atoms with Crippen LogP contribution in [0.25, 0.3) is 0 Å². The Labute approximate surface area is 177 Å². The van der Waals surface area contributed by atoms with Crippen LogP contribution in [0.1, 0.15) is 11.1 Å². The van der Waals surface area contributed by atoms with Crippen molar-refractivity contribution in [2.75, 3.05) is 16.6 Å². The number of halogens is 1. The molecular weight excluding hydrogens is 434 g/mol. The molecule has 0 atom stereocenters. The van der Waals surface area contributed by atoms with Crippen molar-refractivity contribution in [2.24, 2.45) is 0 Å². The van der Waals surface area contributed by atoms with Gasteiger partial charge in [0.25, 0.3) is 15.9 Å². The van der Waals surface area contributed by atoms with E-state index in [1.54, 1.807) is 17.5 Å². The van der Waals surface area contributed by atoms with Gasteiger partial charge in [0.2, 0.25) is 0 Å². The number of sulfonamides is 1. The van der Waals surface area contributed by atoms with E-state index in [1.807, 2.05) is 13.8 Å². The molecule has 2 N–H and O–H groups in total. The minimum atomic E-state index is -3.74. The van der Waals surface area contributed by atoms with Crippen molar-refractivity contribution >= 4 is 49.7 Å². The molecule has 0 aliphatic heterocycles. The molecule has 0 spiro atoms. The highest BCUT2D eigenvalue weighted by atomic mass is 35.5. The third-order valence-electron chi connectivity index (χ3n) is 3.88. The van der Waals surface area contributed by atoms with Gasteiger partial charge >= 0.3 is 0 Å². The molecule has 7 nitrogen and oxygen atoms in total. The smallest absolute Gasteiger partial charge is 0.263 e. The maximum atomic E-state index is 12.3. The van der Waals surface area contributed by atoms with Gasteiger partial charge < -0.3 is 10.1 Å². The Morgan fingerprint density at radius 3 is 2.41 bits per heavy atom. The van der Waals surface area contributed by atoms with Crippen LogP contribution >= 0.6 is 22.9 Å². The fraction of sp³-hybridized carbons (Fsp3) is 0.158. The molecular formula is C19H18ClN3O4S2. The fourth-order valence-electron chi connectivity index (χ4n) is 2.50. The van der Waals surface area contributed by atoms with Crippen molar-refractivity contribution in [1.29, 1.82) is 0 Å². The van der Waals surface area contributed by atoms with Gasteiger partial charge in [-0.15, -0.1) is 11.3 Å². The zero-order chi connectivity index (χ0) is 21.0. The summed E-state index contributed by atoms with van der Waals surface area (Å²) in [6.07, 6.45) is 1.51. The average Bonchev–Trinajstić information content (AvgIpc) is 3.17. The van der Waals surface area contributed by atoms with Gasteiger partial charge in [-0.25, -0.2) is 13.4 Å². The summed E-state index contributed by atoms with van der Waals surface area (Å²) in [5, 5.41) is 5.29. The molecule has 1 heterocycles. The number of benzene rings is 2. The van der Waals surface area contributed by atoms with Gasteiger partial charge in [0.1, 0.15) is 5.75 Å². The molecule has 0 saturated heterocycles. The molecule has 2 aromatic carbocycles. The zero-order valence-corrected chi connectivity index (χ0v) is 18.0. The summed E-state index contributed by atoms with van der Waals surface area (Å²) in [4.78, 5) is 16.1. The molecule has 0 bridgehead atoms. The van der Waals surface area contributed by atoms with E-state index in [2.05, 4.69) is 15.0 Å². The molecule has 3 aromatic rings. The number of aryl methyl sites for hydroxylation is 2. The Balaban J connectivity index is 1.58. The van der Waals surface area contributed by atoms with E-state index in [0.717, 1.165) is 11.1 Å².